The summed E-state index contributed by atoms with van der Waals surface area (Å²) in [7, 11) is 0. The molecule has 0 saturated carbocycles. The third-order valence-electron chi connectivity index (χ3n) is 6.47. The van der Waals surface area contributed by atoms with Crippen molar-refractivity contribution < 1.29 is 24.5 Å². The highest BCUT2D eigenvalue weighted by molar-refractivity contribution is 5.66. The Hall–Kier alpha value is -1.89. The maximum absolute atomic E-state index is 10.7. The van der Waals surface area contributed by atoms with E-state index in [9.17, 15) is 9.90 Å². The van der Waals surface area contributed by atoms with Gasteiger partial charge >= 0.3 is 5.97 Å². The second kappa shape index (κ2) is 11.7. The lowest BCUT2D eigenvalue weighted by atomic mass is 9.77. The number of ether oxygens (including phenoxy) is 2. The molecule has 5 atom stereocenters. The number of carbonyl (C=O) groups is 1. The number of allylic oxidation sites excluding steroid dienone is 2. The Morgan fingerprint density at radius 1 is 1.23 bits per heavy atom. The molecule has 2 heterocycles. The van der Waals surface area contributed by atoms with Crippen LogP contribution in [0.15, 0.2) is 42.5 Å². The van der Waals surface area contributed by atoms with Crippen LogP contribution in [0.5, 0.6) is 5.75 Å². The molecule has 2 aliphatic heterocycles. The molecule has 6 heteroatoms. The number of carboxylic acid groups (broad SMARTS) is 1. The molecule has 31 heavy (non-hydrogen) atoms. The first-order chi connectivity index (χ1) is 14.9. The number of para-hydroxylation sites is 1. The van der Waals surface area contributed by atoms with Gasteiger partial charge in [0.15, 0.2) is 0 Å². The largest absolute Gasteiger partial charge is 0.493 e. The van der Waals surface area contributed by atoms with E-state index in [0.29, 0.717) is 50.0 Å². The molecule has 2 aliphatic rings. The van der Waals surface area contributed by atoms with Gasteiger partial charge in [0.2, 0.25) is 0 Å². The van der Waals surface area contributed by atoms with Crippen molar-refractivity contribution in [3.8, 4) is 5.75 Å². The quantitative estimate of drug-likeness (QED) is 0.307. The predicted molar refractivity (Wildman–Crippen MR) is 120 cm³/mol. The van der Waals surface area contributed by atoms with Crippen LogP contribution in [-0.4, -0.2) is 53.7 Å². The van der Waals surface area contributed by atoms with E-state index in [0.717, 1.165) is 38.0 Å². The van der Waals surface area contributed by atoms with Gasteiger partial charge in [-0.05, 0) is 57.1 Å². The third-order valence-corrected chi connectivity index (χ3v) is 6.47. The summed E-state index contributed by atoms with van der Waals surface area (Å²) in [6.45, 7) is 3.69. The van der Waals surface area contributed by atoms with Gasteiger partial charge in [-0.15, -0.1) is 0 Å². The number of hydrogen-bond acceptors (Lipinski definition) is 5. The molecule has 1 aromatic carbocycles. The van der Waals surface area contributed by atoms with E-state index in [4.69, 9.17) is 14.6 Å². The van der Waals surface area contributed by atoms with E-state index >= 15 is 0 Å². The monoisotopic (exact) mass is 431 g/mol. The summed E-state index contributed by atoms with van der Waals surface area (Å²) in [6.07, 6.45) is 10.5. The number of aliphatic hydroxyl groups is 1. The Bertz CT molecular complexity index is 705. The van der Waals surface area contributed by atoms with Crippen molar-refractivity contribution in [1.29, 1.82) is 0 Å². The zero-order valence-electron chi connectivity index (χ0n) is 18.5. The Labute approximate surface area is 185 Å². The number of aliphatic carboxylic acids is 1. The van der Waals surface area contributed by atoms with E-state index in [1.165, 1.54) is 0 Å². The molecule has 0 radical (unpaired) electrons. The van der Waals surface area contributed by atoms with Gasteiger partial charge in [-0.1, -0.05) is 30.4 Å². The van der Waals surface area contributed by atoms with Gasteiger partial charge in [-0.3, -0.25) is 4.79 Å². The van der Waals surface area contributed by atoms with Gasteiger partial charge in [0.1, 0.15) is 5.75 Å². The summed E-state index contributed by atoms with van der Waals surface area (Å²) in [4.78, 5) is 10.6. The highest BCUT2D eigenvalue weighted by Gasteiger charge is 2.47. The fourth-order valence-electron chi connectivity index (χ4n) is 4.72. The molecule has 0 spiro atoms. The molecule has 3 rings (SSSR count). The van der Waals surface area contributed by atoms with E-state index in [1.54, 1.807) is 0 Å². The SMILES string of the molecule is CC(O)(CCOc1ccccc1)CNC[C@@H]1[C@@H](C/C=C\CCCC(=O)O)[C@H]2CC[C@@H]1O2. The fourth-order valence-corrected chi connectivity index (χ4v) is 4.72. The van der Waals surface area contributed by atoms with E-state index in [1.807, 2.05) is 37.3 Å². The number of rotatable bonds is 14. The molecule has 3 N–H and O–H groups in total. The summed E-state index contributed by atoms with van der Waals surface area (Å²) in [5.74, 6) is 1.04. The minimum Gasteiger partial charge on any atom is -0.493 e. The Morgan fingerprint density at radius 2 is 1.97 bits per heavy atom. The number of carboxylic acids is 1. The molecule has 2 bridgehead atoms. The van der Waals surface area contributed by atoms with Gasteiger partial charge in [-0.2, -0.15) is 0 Å². The lowest BCUT2D eigenvalue weighted by Crippen LogP contribution is -2.43. The van der Waals surface area contributed by atoms with Crippen LogP contribution < -0.4 is 10.1 Å². The Morgan fingerprint density at radius 3 is 2.71 bits per heavy atom. The zero-order chi connectivity index (χ0) is 22.1. The molecule has 2 fully saturated rings. The second-order valence-electron chi connectivity index (χ2n) is 9.15. The van der Waals surface area contributed by atoms with Crippen molar-refractivity contribution in [2.75, 3.05) is 19.7 Å². The first-order valence-corrected chi connectivity index (χ1v) is 11.6. The topological polar surface area (TPSA) is 88.0 Å². The van der Waals surface area contributed by atoms with Crippen molar-refractivity contribution >= 4 is 5.97 Å². The van der Waals surface area contributed by atoms with Crippen LogP contribution in [-0.2, 0) is 9.53 Å². The Balaban J connectivity index is 1.37. The van der Waals surface area contributed by atoms with Crippen LogP contribution >= 0.6 is 0 Å². The first kappa shape index (κ1) is 23.8. The number of unbranched alkanes of at least 4 members (excludes halogenated alkanes) is 1. The summed E-state index contributed by atoms with van der Waals surface area (Å²) in [5, 5.41) is 22.9. The summed E-state index contributed by atoms with van der Waals surface area (Å²) in [5.41, 5.74) is -0.827. The van der Waals surface area contributed by atoms with Crippen LogP contribution in [0.1, 0.15) is 51.9 Å². The number of fused-ring (bicyclic) bond motifs is 2. The molecule has 0 aliphatic carbocycles. The summed E-state index contributed by atoms with van der Waals surface area (Å²) in [6, 6.07) is 9.67. The molecule has 0 amide bonds. The van der Waals surface area contributed by atoms with Gasteiger partial charge in [0, 0.05) is 31.8 Å². The minimum absolute atomic E-state index is 0.227. The molecule has 6 nitrogen and oxygen atoms in total. The lowest BCUT2D eigenvalue weighted by molar-refractivity contribution is -0.137. The van der Waals surface area contributed by atoms with Crippen molar-refractivity contribution in [2.24, 2.45) is 11.8 Å². The van der Waals surface area contributed by atoms with Crippen molar-refractivity contribution in [1.82, 2.24) is 5.32 Å². The van der Waals surface area contributed by atoms with Crippen molar-refractivity contribution in [2.45, 2.75) is 69.7 Å². The smallest absolute Gasteiger partial charge is 0.303 e. The molecule has 1 aromatic rings. The van der Waals surface area contributed by atoms with Crippen LogP contribution in [0.25, 0.3) is 0 Å². The molecular weight excluding hydrogens is 394 g/mol. The van der Waals surface area contributed by atoms with E-state index < -0.39 is 11.6 Å². The lowest BCUT2D eigenvalue weighted by Gasteiger charge is -2.30. The van der Waals surface area contributed by atoms with Crippen LogP contribution in [0.4, 0.5) is 0 Å². The van der Waals surface area contributed by atoms with Gasteiger partial charge in [-0.25, -0.2) is 0 Å². The average Bonchev–Trinajstić information content (AvgIpc) is 3.33. The highest BCUT2D eigenvalue weighted by Crippen LogP contribution is 2.44. The van der Waals surface area contributed by atoms with Gasteiger partial charge in [0.25, 0.3) is 0 Å². The number of nitrogens with one attached hydrogen (secondary N) is 1. The minimum atomic E-state index is -0.827. The zero-order valence-corrected chi connectivity index (χ0v) is 18.5. The Kier molecular flexibility index (Phi) is 8.93. The molecule has 2 saturated heterocycles. The van der Waals surface area contributed by atoms with Gasteiger partial charge in [0.05, 0.1) is 24.4 Å². The number of benzene rings is 1. The average molecular weight is 432 g/mol. The fraction of sp³-hybridized carbons (Fsp3) is 0.640. The van der Waals surface area contributed by atoms with Crippen LogP contribution in [0, 0.1) is 11.8 Å². The van der Waals surface area contributed by atoms with E-state index in [-0.39, 0.29) is 6.42 Å². The second-order valence-corrected chi connectivity index (χ2v) is 9.15. The van der Waals surface area contributed by atoms with Gasteiger partial charge < -0.3 is 25.0 Å². The standard InChI is InChI=1S/C25H37NO5/c1-25(29,15-16-30-19-9-5-4-6-10-19)18-26-17-21-20(22-13-14-23(21)31-22)11-7-2-3-8-12-24(27)28/h2,4-7,9-10,20-23,26,29H,3,8,11-18H2,1H3,(H,27,28)/b7-2-/t20-,21-,22-,23+,25?/m1/s1. The van der Waals surface area contributed by atoms with Crippen LogP contribution in [0.3, 0.4) is 0 Å². The summed E-state index contributed by atoms with van der Waals surface area (Å²) >= 11 is 0. The predicted octanol–water partition coefficient (Wildman–Crippen LogP) is 3.79. The van der Waals surface area contributed by atoms with Crippen molar-refractivity contribution in [3.05, 3.63) is 42.5 Å². The summed E-state index contributed by atoms with van der Waals surface area (Å²) < 4.78 is 11.9. The normalized spacial score (nSPS) is 26.9. The highest BCUT2D eigenvalue weighted by atomic mass is 16.5. The van der Waals surface area contributed by atoms with Crippen molar-refractivity contribution in [3.63, 3.8) is 0 Å². The molecule has 0 aromatic heterocycles. The first-order valence-electron chi connectivity index (χ1n) is 11.6. The maximum Gasteiger partial charge on any atom is 0.303 e. The van der Waals surface area contributed by atoms with Crippen LogP contribution in [0.2, 0.25) is 0 Å². The maximum atomic E-state index is 10.7. The molecule has 172 valence electrons. The molecular formula is C25H37NO5. The molecule has 1 unspecified atom stereocenters. The third kappa shape index (κ3) is 7.63. The van der Waals surface area contributed by atoms with E-state index in [2.05, 4.69) is 17.5 Å². The number of hydrogen-bond donors (Lipinski definition) is 3.